The molecule has 0 spiro atoms. The van der Waals surface area contributed by atoms with Gasteiger partial charge in [-0.2, -0.15) is 0 Å². The normalized spacial score (nSPS) is 11.2. The summed E-state index contributed by atoms with van der Waals surface area (Å²) in [6, 6.07) is 7.95. The van der Waals surface area contributed by atoms with Crippen molar-refractivity contribution in [2.75, 3.05) is 0 Å². The van der Waals surface area contributed by atoms with Crippen LogP contribution in [0.5, 0.6) is 0 Å². The Morgan fingerprint density at radius 3 is 2.88 bits per heavy atom. The zero-order valence-corrected chi connectivity index (χ0v) is 12.6. The Kier molecular flexibility index (Phi) is 3.31. The molecule has 1 N–H and O–H groups in total. The van der Waals surface area contributed by atoms with Crippen LogP contribution in [0.25, 0.3) is 33.3 Å². The Bertz CT molecular complexity index is 1200. The molecule has 4 rings (SSSR count). The van der Waals surface area contributed by atoms with Crippen molar-refractivity contribution < 1.29 is 18.7 Å². The SMILES string of the molecule is O=C(O)Cn1c(=O)oc2cc(-c3ccnc4cc(F)cnc34)ccc21. The third-order valence-corrected chi connectivity index (χ3v) is 3.82. The van der Waals surface area contributed by atoms with Crippen molar-refractivity contribution in [3.63, 3.8) is 0 Å². The first kappa shape index (κ1) is 15.0. The highest BCUT2D eigenvalue weighted by Crippen LogP contribution is 2.28. The minimum absolute atomic E-state index is 0.260. The number of pyridine rings is 2. The van der Waals surface area contributed by atoms with Crippen LogP contribution in [0.15, 0.2) is 51.9 Å². The lowest BCUT2D eigenvalue weighted by Crippen LogP contribution is -2.19. The van der Waals surface area contributed by atoms with Gasteiger partial charge in [0.25, 0.3) is 0 Å². The fourth-order valence-corrected chi connectivity index (χ4v) is 2.76. The topological polar surface area (TPSA) is 98.2 Å². The van der Waals surface area contributed by atoms with Gasteiger partial charge < -0.3 is 9.52 Å². The molecule has 4 aromatic rings. The molecular weight excluding hydrogens is 329 g/mol. The molecule has 1 aromatic carbocycles. The van der Waals surface area contributed by atoms with Gasteiger partial charge in [0.15, 0.2) is 5.58 Å². The first-order valence-electron chi connectivity index (χ1n) is 7.29. The van der Waals surface area contributed by atoms with Gasteiger partial charge in [-0.25, -0.2) is 9.18 Å². The van der Waals surface area contributed by atoms with E-state index in [1.807, 2.05) is 0 Å². The van der Waals surface area contributed by atoms with Gasteiger partial charge in [0.2, 0.25) is 0 Å². The summed E-state index contributed by atoms with van der Waals surface area (Å²) in [5, 5.41) is 8.90. The van der Waals surface area contributed by atoms with Gasteiger partial charge in [0.05, 0.1) is 22.7 Å². The zero-order valence-electron chi connectivity index (χ0n) is 12.6. The Labute approximate surface area is 139 Å². The molecule has 0 amide bonds. The molecule has 0 aliphatic rings. The highest BCUT2D eigenvalue weighted by molar-refractivity contribution is 5.93. The number of oxazole rings is 1. The van der Waals surface area contributed by atoms with Crippen LogP contribution in [0.1, 0.15) is 0 Å². The maximum Gasteiger partial charge on any atom is 0.420 e. The Hall–Kier alpha value is -3.55. The number of nitrogens with zero attached hydrogens (tertiary/aromatic N) is 3. The molecule has 0 fully saturated rings. The summed E-state index contributed by atoms with van der Waals surface area (Å²) in [5.41, 5.74) is 2.94. The van der Waals surface area contributed by atoms with Gasteiger partial charge in [-0.1, -0.05) is 6.07 Å². The van der Waals surface area contributed by atoms with Crippen molar-refractivity contribution >= 4 is 28.1 Å². The molecule has 0 unspecified atom stereocenters. The fourth-order valence-electron chi connectivity index (χ4n) is 2.76. The molecule has 124 valence electrons. The summed E-state index contributed by atoms with van der Waals surface area (Å²) in [6.07, 6.45) is 2.64. The molecule has 3 heterocycles. The van der Waals surface area contributed by atoms with Crippen molar-refractivity contribution in [3.05, 3.63) is 59.1 Å². The van der Waals surface area contributed by atoms with Crippen molar-refractivity contribution in [3.8, 4) is 11.1 Å². The minimum Gasteiger partial charge on any atom is -0.480 e. The van der Waals surface area contributed by atoms with Crippen LogP contribution in [0.3, 0.4) is 0 Å². The molecular formula is C17H10FN3O4. The van der Waals surface area contributed by atoms with Gasteiger partial charge in [-0.3, -0.25) is 19.3 Å². The van der Waals surface area contributed by atoms with Gasteiger partial charge >= 0.3 is 11.7 Å². The number of halogens is 1. The molecule has 0 radical (unpaired) electrons. The molecule has 0 saturated carbocycles. The summed E-state index contributed by atoms with van der Waals surface area (Å²) in [4.78, 5) is 30.9. The van der Waals surface area contributed by atoms with E-state index in [0.29, 0.717) is 27.7 Å². The van der Waals surface area contributed by atoms with Gasteiger partial charge in [0, 0.05) is 17.8 Å². The lowest BCUT2D eigenvalue weighted by atomic mass is 10.0. The summed E-state index contributed by atoms with van der Waals surface area (Å²) < 4.78 is 19.5. The van der Waals surface area contributed by atoms with Crippen LogP contribution in [0.2, 0.25) is 0 Å². The number of carboxylic acids is 1. The molecule has 0 bridgehead atoms. The molecule has 0 atom stereocenters. The molecule has 25 heavy (non-hydrogen) atoms. The predicted octanol–water partition coefficient (Wildman–Crippen LogP) is 2.43. The average Bonchev–Trinajstić information content (AvgIpc) is 2.88. The molecule has 0 aliphatic carbocycles. The highest BCUT2D eigenvalue weighted by Gasteiger charge is 2.14. The van der Waals surface area contributed by atoms with E-state index in [1.54, 1.807) is 24.3 Å². The van der Waals surface area contributed by atoms with Gasteiger partial charge in [0.1, 0.15) is 12.4 Å². The second-order valence-corrected chi connectivity index (χ2v) is 5.41. The van der Waals surface area contributed by atoms with Crippen LogP contribution in [-0.2, 0) is 11.3 Å². The van der Waals surface area contributed by atoms with Crippen molar-refractivity contribution in [1.82, 2.24) is 14.5 Å². The van der Waals surface area contributed by atoms with E-state index in [4.69, 9.17) is 9.52 Å². The van der Waals surface area contributed by atoms with Crippen molar-refractivity contribution in [2.24, 2.45) is 0 Å². The van der Waals surface area contributed by atoms with Crippen LogP contribution in [-0.4, -0.2) is 25.6 Å². The number of hydrogen-bond donors (Lipinski definition) is 1. The molecule has 3 aromatic heterocycles. The Balaban J connectivity index is 1.91. The van der Waals surface area contributed by atoms with Crippen LogP contribution < -0.4 is 5.76 Å². The summed E-state index contributed by atoms with van der Waals surface area (Å²) in [7, 11) is 0. The summed E-state index contributed by atoms with van der Waals surface area (Å²) in [6.45, 7) is -0.482. The van der Waals surface area contributed by atoms with E-state index in [9.17, 15) is 14.0 Å². The second-order valence-electron chi connectivity index (χ2n) is 5.41. The Morgan fingerprint density at radius 1 is 1.24 bits per heavy atom. The van der Waals surface area contributed by atoms with E-state index in [-0.39, 0.29) is 5.58 Å². The number of aromatic nitrogens is 3. The van der Waals surface area contributed by atoms with E-state index < -0.39 is 24.1 Å². The fraction of sp³-hybridized carbons (Fsp3) is 0.0588. The van der Waals surface area contributed by atoms with Crippen LogP contribution >= 0.6 is 0 Å². The highest BCUT2D eigenvalue weighted by atomic mass is 19.1. The van der Waals surface area contributed by atoms with E-state index in [2.05, 4.69) is 9.97 Å². The number of carboxylic acid groups (broad SMARTS) is 1. The number of rotatable bonds is 3. The van der Waals surface area contributed by atoms with Crippen molar-refractivity contribution in [1.29, 1.82) is 0 Å². The van der Waals surface area contributed by atoms with E-state index in [1.165, 1.54) is 12.3 Å². The van der Waals surface area contributed by atoms with Gasteiger partial charge in [-0.05, 0) is 23.8 Å². The lowest BCUT2D eigenvalue weighted by Gasteiger charge is -2.06. The zero-order chi connectivity index (χ0) is 17.6. The molecule has 0 saturated heterocycles. The predicted molar refractivity (Wildman–Crippen MR) is 86.6 cm³/mol. The smallest absolute Gasteiger partial charge is 0.420 e. The quantitative estimate of drug-likeness (QED) is 0.615. The van der Waals surface area contributed by atoms with Crippen LogP contribution in [0.4, 0.5) is 4.39 Å². The lowest BCUT2D eigenvalue weighted by molar-refractivity contribution is -0.137. The first-order chi connectivity index (χ1) is 12.0. The maximum atomic E-state index is 13.3. The summed E-state index contributed by atoms with van der Waals surface area (Å²) >= 11 is 0. The average molecular weight is 339 g/mol. The number of aliphatic carboxylic acids is 1. The Morgan fingerprint density at radius 2 is 2.08 bits per heavy atom. The third-order valence-electron chi connectivity index (χ3n) is 3.82. The molecule has 7 nitrogen and oxygen atoms in total. The van der Waals surface area contributed by atoms with Crippen LogP contribution in [0, 0.1) is 5.82 Å². The number of hydrogen-bond acceptors (Lipinski definition) is 5. The monoisotopic (exact) mass is 339 g/mol. The molecule has 8 heteroatoms. The summed E-state index contributed by atoms with van der Waals surface area (Å²) in [5.74, 6) is -2.36. The van der Waals surface area contributed by atoms with Gasteiger partial charge in [-0.15, -0.1) is 0 Å². The number of benzene rings is 1. The first-order valence-corrected chi connectivity index (χ1v) is 7.29. The minimum atomic E-state index is -1.14. The largest absolute Gasteiger partial charge is 0.480 e. The number of carbonyl (C=O) groups is 1. The van der Waals surface area contributed by atoms with Crippen molar-refractivity contribution in [2.45, 2.75) is 6.54 Å². The second kappa shape index (κ2) is 5.52. The molecule has 0 aliphatic heterocycles. The number of fused-ring (bicyclic) bond motifs is 2. The standard InChI is InChI=1S/C17H10FN3O4/c18-10-6-12-16(20-7-10)11(3-4-19-12)9-1-2-13-14(5-9)25-17(24)21(13)8-15(22)23/h1-7H,8H2,(H,22,23). The van der Waals surface area contributed by atoms with E-state index >= 15 is 0 Å². The maximum absolute atomic E-state index is 13.3. The third kappa shape index (κ3) is 2.53. The van der Waals surface area contributed by atoms with E-state index in [0.717, 1.165) is 10.8 Å².